The molecule has 0 aliphatic carbocycles. The first-order chi connectivity index (χ1) is 8.14. The van der Waals surface area contributed by atoms with Gasteiger partial charge < -0.3 is 30.8 Å². The van der Waals surface area contributed by atoms with Crippen LogP contribution < -0.4 is 5.73 Å². The zero-order valence-corrected chi connectivity index (χ0v) is 11.9. The van der Waals surface area contributed by atoms with Crippen LogP contribution in [-0.2, 0) is 9.09 Å². The molecule has 0 heterocycles. The Bertz CT molecular complexity index is 240. The van der Waals surface area contributed by atoms with E-state index in [1.807, 2.05) is 0 Å². The summed E-state index contributed by atoms with van der Waals surface area (Å²) in [6.07, 6.45) is 0. The molecule has 0 radical (unpaired) electrons. The van der Waals surface area contributed by atoms with Crippen LogP contribution in [0.1, 0.15) is 0 Å². The first-order valence-electron chi connectivity index (χ1n) is 4.65. The Balaban J connectivity index is 0. The SMILES string of the molecule is NC(CO)(CO)CO.O=P(O)(O)OCC(Cl)CCl. The molecule has 7 N–H and O–H groups in total. The van der Waals surface area contributed by atoms with Gasteiger partial charge in [-0.15, -0.1) is 23.2 Å². The van der Waals surface area contributed by atoms with Crippen LogP contribution in [0.5, 0.6) is 0 Å². The summed E-state index contributed by atoms with van der Waals surface area (Å²) in [6, 6.07) is 0. The second-order valence-corrected chi connectivity index (χ2v) is 5.54. The van der Waals surface area contributed by atoms with Gasteiger partial charge in [0.05, 0.1) is 37.3 Å². The monoisotopic (exact) mass is 329 g/mol. The van der Waals surface area contributed by atoms with Crippen molar-refractivity contribution < 1.29 is 34.2 Å². The molecule has 0 aliphatic heterocycles. The second kappa shape index (κ2) is 10.3. The summed E-state index contributed by atoms with van der Waals surface area (Å²) in [5.41, 5.74) is 3.94. The lowest BCUT2D eigenvalue weighted by Crippen LogP contribution is -2.50. The fraction of sp³-hybridized carbons (Fsp3) is 1.00. The van der Waals surface area contributed by atoms with E-state index in [1.165, 1.54) is 0 Å². The van der Waals surface area contributed by atoms with Crippen molar-refractivity contribution in [3.05, 3.63) is 0 Å². The molecule has 8 nitrogen and oxygen atoms in total. The minimum absolute atomic E-state index is 0.0988. The molecule has 0 aliphatic rings. The van der Waals surface area contributed by atoms with Crippen LogP contribution in [0.25, 0.3) is 0 Å². The van der Waals surface area contributed by atoms with Crippen molar-refractivity contribution in [1.82, 2.24) is 0 Å². The third-order valence-electron chi connectivity index (χ3n) is 1.54. The highest BCUT2D eigenvalue weighted by Gasteiger charge is 2.20. The van der Waals surface area contributed by atoms with E-state index in [4.69, 9.17) is 54.0 Å². The average molecular weight is 330 g/mol. The molecule has 18 heavy (non-hydrogen) atoms. The van der Waals surface area contributed by atoms with E-state index in [1.54, 1.807) is 0 Å². The number of phosphoric ester groups is 1. The first-order valence-corrected chi connectivity index (χ1v) is 7.16. The van der Waals surface area contributed by atoms with Crippen LogP contribution in [0.15, 0.2) is 0 Å². The number of aliphatic hydroxyl groups is 3. The van der Waals surface area contributed by atoms with Gasteiger partial charge in [0.15, 0.2) is 0 Å². The molecule has 0 aromatic carbocycles. The van der Waals surface area contributed by atoms with E-state index in [0.717, 1.165) is 0 Å². The fourth-order valence-corrected chi connectivity index (χ4v) is 0.987. The number of alkyl halides is 2. The summed E-state index contributed by atoms with van der Waals surface area (Å²) in [4.78, 5) is 16.3. The van der Waals surface area contributed by atoms with Gasteiger partial charge in [-0.1, -0.05) is 0 Å². The van der Waals surface area contributed by atoms with Gasteiger partial charge in [0.1, 0.15) is 0 Å². The molecule has 0 bridgehead atoms. The van der Waals surface area contributed by atoms with Crippen LogP contribution in [0, 0.1) is 0 Å². The average Bonchev–Trinajstić information content (AvgIpc) is 2.34. The topological polar surface area (TPSA) is 153 Å². The highest BCUT2D eigenvalue weighted by Crippen LogP contribution is 2.36. The van der Waals surface area contributed by atoms with Crippen LogP contribution in [-0.4, -0.2) is 68.3 Å². The van der Waals surface area contributed by atoms with Gasteiger partial charge in [-0.25, -0.2) is 4.57 Å². The number of hydrogen-bond acceptors (Lipinski definition) is 6. The minimum Gasteiger partial charge on any atom is -0.394 e. The Morgan fingerprint density at radius 3 is 1.78 bits per heavy atom. The normalized spacial score (nSPS) is 13.8. The Kier molecular flexibility index (Phi) is 12.0. The zero-order chi connectivity index (χ0) is 14.8. The molecule has 0 saturated heterocycles. The summed E-state index contributed by atoms with van der Waals surface area (Å²) in [7, 11) is -4.38. The third kappa shape index (κ3) is 13.0. The van der Waals surface area contributed by atoms with Gasteiger partial charge in [-0.2, -0.15) is 0 Å². The van der Waals surface area contributed by atoms with Crippen molar-refractivity contribution in [2.24, 2.45) is 5.73 Å². The lowest BCUT2D eigenvalue weighted by molar-refractivity contribution is 0.0697. The van der Waals surface area contributed by atoms with Crippen molar-refractivity contribution in [3.8, 4) is 0 Å². The van der Waals surface area contributed by atoms with Crippen molar-refractivity contribution in [2.75, 3.05) is 32.3 Å². The molecule has 0 spiro atoms. The summed E-state index contributed by atoms with van der Waals surface area (Å²) in [5, 5.41) is 24.5. The molecule has 0 aromatic heterocycles. The maximum Gasteiger partial charge on any atom is 0.469 e. The van der Waals surface area contributed by atoms with Gasteiger partial charge in [0.25, 0.3) is 0 Å². The Hall–Kier alpha value is 0.530. The molecule has 0 saturated carbocycles. The van der Waals surface area contributed by atoms with Crippen molar-refractivity contribution in [2.45, 2.75) is 10.9 Å². The lowest BCUT2D eigenvalue weighted by Gasteiger charge is -2.20. The van der Waals surface area contributed by atoms with Crippen molar-refractivity contribution in [3.63, 3.8) is 0 Å². The standard InChI is InChI=1S/C4H11NO3.C3H7Cl2O4P/c5-4(1-6,2-7)3-8;4-1-3(5)2-9-10(6,7)8/h6-8H,1-3,5H2;3H,1-2H2,(H2,6,7,8). The van der Waals surface area contributed by atoms with Gasteiger partial charge >= 0.3 is 7.82 Å². The molecule has 0 amide bonds. The fourth-order valence-electron chi connectivity index (χ4n) is 0.373. The number of aliphatic hydroxyl groups excluding tert-OH is 3. The van der Waals surface area contributed by atoms with E-state index in [9.17, 15) is 4.57 Å². The van der Waals surface area contributed by atoms with E-state index in [-0.39, 0.29) is 12.5 Å². The van der Waals surface area contributed by atoms with Crippen LogP contribution >= 0.6 is 31.0 Å². The van der Waals surface area contributed by atoms with Crippen molar-refractivity contribution in [1.29, 1.82) is 0 Å². The second-order valence-electron chi connectivity index (χ2n) is 3.37. The van der Waals surface area contributed by atoms with Crippen LogP contribution in [0.2, 0.25) is 0 Å². The highest BCUT2D eigenvalue weighted by atomic mass is 35.5. The summed E-state index contributed by atoms with van der Waals surface area (Å²) in [5.74, 6) is 0.0988. The molecule has 1 unspecified atom stereocenters. The highest BCUT2D eigenvalue weighted by molar-refractivity contribution is 7.46. The molecule has 1 atom stereocenters. The number of rotatable bonds is 7. The van der Waals surface area contributed by atoms with E-state index in [0.29, 0.717) is 0 Å². The zero-order valence-electron chi connectivity index (χ0n) is 9.45. The maximum atomic E-state index is 10.0. The summed E-state index contributed by atoms with van der Waals surface area (Å²) >= 11 is 10.6. The van der Waals surface area contributed by atoms with Gasteiger partial charge in [-0.3, -0.25) is 4.52 Å². The quantitative estimate of drug-likeness (QED) is 0.246. The van der Waals surface area contributed by atoms with E-state index >= 15 is 0 Å². The Labute approximate surface area is 115 Å². The number of nitrogens with two attached hydrogens (primary N) is 1. The Morgan fingerprint density at radius 1 is 1.22 bits per heavy atom. The Morgan fingerprint density at radius 2 is 1.61 bits per heavy atom. The first kappa shape index (κ1) is 20.8. The number of halogens is 2. The maximum absolute atomic E-state index is 10.0. The van der Waals surface area contributed by atoms with Gasteiger partial charge in [0.2, 0.25) is 0 Å². The van der Waals surface area contributed by atoms with Gasteiger partial charge in [0, 0.05) is 5.88 Å². The third-order valence-corrected chi connectivity index (χ3v) is 2.83. The van der Waals surface area contributed by atoms with Crippen LogP contribution in [0.3, 0.4) is 0 Å². The number of phosphoric acid groups is 1. The molecule has 0 rings (SSSR count). The predicted octanol–water partition coefficient (Wildman–Crippen LogP) is -1.40. The molecule has 11 heteroatoms. The lowest BCUT2D eigenvalue weighted by atomic mass is 10.1. The van der Waals surface area contributed by atoms with Crippen molar-refractivity contribution >= 4 is 31.0 Å². The molecular weight excluding hydrogens is 312 g/mol. The smallest absolute Gasteiger partial charge is 0.394 e. The largest absolute Gasteiger partial charge is 0.469 e. The molecular formula is C7H18Cl2NO7P. The van der Waals surface area contributed by atoms with Gasteiger partial charge in [-0.05, 0) is 0 Å². The van der Waals surface area contributed by atoms with E-state index in [2.05, 4.69) is 4.52 Å². The number of hydrogen-bond donors (Lipinski definition) is 6. The molecule has 112 valence electrons. The van der Waals surface area contributed by atoms with E-state index < -0.39 is 38.6 Å². The van der Waals surface area contributed by atoms with Crippen LogP contribution in [0.4, 0.5) is 0 Å². The minimum atomic E-state index is -4.38. The summed E-state index contributed by atoms with van der Waals surface area (Å²) < 4.78 is 14.1. The molecule has 0 fully saturated rings. The summed E-state index contributed by atoms with van der Waals surface area (Å²) in [6.45, 7) is -1.45. The predicted molar refractivity (Wildman–Crippen MR) is 66.5 cm³/mol. The molecule has 0 aromatic rings.